The summed E-state index contributed by atoms with van der Waals surface area (Å²) in [5, 5.41) is 3.31. The van der Waals surface area contributed by atoms with E-state index in [2.05, 4.69) is 31.3 Å². The van der Waals surface area contributed by atoms with Crippen LogP contribution >= 0.6 is 0 Å². The number of ether oxygens (including phenoxy) is 1. The van der Waals surface area contributed by atoms with Crippen LogP contribution in [0.15, 0.2) is 30.3 Å². The lowest BCUT2D eigenvalue weighted by Gasteiger charge is -2.20. The Kier molecular flexibility index (Phi) is 6.44. The number of rotatable bonds is 7. The molecule has 2 atom stereocenters. The molecule has 0 aliphatic carbocycles. The molecular formula is C15H23NO2. The molecular weight excluding hydrogens is 226 g/mol. The molecule has 1 aromatic rings. The van der Waals surface area contributed by atoms with Crippen LogP contribution < -0.4 is 5.32 Å². The lowest BCUT2D eigenvalue weighted by atomic mass is 10.0. The Labute approximate surface area is 110 Å². The van der Waals surface area contributed by atoms with Gasteiger partial charge in [0.2, 0.25) is 0 Å². The van der Waals surface area contributed by atoms with Crippen molar-refractivity contribution < 1.29 is 9.53 Å². The van der Waals surface area contributed by atoms with Crippen LogP contribution in [0.5, 0.6) is 0 Å². The van der Waals surface area contributed by atoms with E-state index in [0.29, 0.717) is 6.04 Å². The highest BCUT2D eigenvalue weighted by Crippen LogP contribution is 2.07. The third kappa shape index (κ3) is 4.88. The van der Waals surface area contributed by atoms with Gasteiger partial charge in [-0.05, 0) is 31.7 Å². The van der Waals surface area contributed by atoms with E-state index in [1.807, 2.05) is 18.2 Å². The number of hydrogen-bond donors (Lipinski definition) is 1. The molecule has 0 aliphatic heterocycles. The molecule has 0 amide bonds. The van der Waals surface area contributed by atoms with Crippen LogP contribution in [0, 0.1) is 0 Å². The van der Waals surface area contributed by atoms with Gasteiger partial charge >= 0.3 is 5.97 Å². The summed E-state index contributed by atoms with van der Waals surface area (Å²) in [5.74, 6) is -0.175. The van der Waals surface area contributed by atoms with Crippen LogP contribution in [0.2, 0.25) is 0 Å². The van der Waals surface area contributed by atoms with Gasteiger partial charge in [-0.3, -0.25) is 4.79 Å². The van der Waals surface area contributed by atoms with E-state index in [9.17, 15) is 4.79 Å². The van der Waals surface area contributed by atoms with Crippen LogP contribution in [0.1, 0.15) is 32.3 Å². The van der Waals surface area contributed by atoms with E-state index in [4.69, 9.17) is 4.74 Å². The van der Waals surface area contributed by atoms with Gasteiger partial charge in [-0.2, -0.15) is 0 Å². The summed E-state index contributed by atoms with van der Waals surface area (Å²) in [5.41, 5.74) is 1.25. The number of methoxy groups -OCH3 is 1. The van der Waals surface area contributed by atoms with E-state index in [-0.39, 0.29) is 12.0 Å². The smallest absolute Gasteiger partial charge is 0.322 e. The Hall–Kier alpha value is -1.35. The van der Waals surface area contributed by atoms with Gasteiger partial charge in [0.05, 0.1) is 7.11 Å². The van der Waals surface area contributed by atoms with Crippen LogP contribution in [-0.4, -0.2) is 25.2 Å². The summed E-state index contributed by atoms with van der Waals surface area (Å²) >= 11 is 0. The van der Waals surface area contributed by atoms with E-state index in [0.717, 1.165) is 19.3 Å². The van der Waals surface area contributed by atoms with Crippen molar-refractivity contribution in [2.75, 3.05) is 7.11 Å². The van der Waals surface area contributed by atoms with Gasteiger partial charge in [0.15, 0.2) is 0 Å². The minimum Gasteiger partial charge on any atom is -0.468 e. The van der Waals surface area contributed by atoms with Gasteiger partial charge in [0.1, 0.15) is 6.04 Å². The van der Waals surface area contributed by atoms with Crippen molar-refractivity contribution in [1.29, 1.82) is 0 Å². The molecule has 0 radical (unpaired) electrons. The zero-order valence-corrected chi connectivity index (χ0v) is 11.5. The normalized spacial score (nSPS) is 13.9. The second-order valence-corrected chi connectivity index (χ2v) is 4.58. The highest BCUT2D eigenvalue weighted by Gasteiger charge is 2.20. The lowest BCUT2D eigenvalue weighted by molar-refractivity contribution is -0.143. The zero-order chi connectivity index (χ0) is 13.4. The first kappa shape index (κ1) is 14.7. The van der Waals surface area contributed by atoms with E-state index < -0.39 is 0 Å². The molecule has 1 rings (SSSR count). The van der Waals surface area contributed by atoms with Gasteiger partial charge in [-0.25, -0.2) is 0 Å². The lowest BCUT2D eigenvalue weighted by Crippen LogP contribution is -2.42. The summed E-state index contributed by atoms with van der Waals surface area (Å²) in [6.07, 6.45) is 2.64. The molecule has 0 bridgehead atoms. The number of carbonyl (C=O) groups excluding carboxylic acids is 1. The third-order valence-electron chi connectivity index (χ3n) is 3.15. The van der Waals surface area contributed by atoms with Crippen molar-refractivity contribution in [2.24, 2.45) is 0 Å². The Morgan fingerprint density at radius 3 is 2.56 bits per heavy atom. The summed E-state index contributed by atoms with van der Waals surface area (Å²) in [7, 11) is 1.44. The van der Waals surface area contributed by atoms with Gasteiger partial charge in [-0.15, -0.1) is 0 Å². The van der Waals surface area contributed by atoms with Crippen LogP contribution in [-0.2, 0) is 16.0 Å². The van der Waals surface area contributed by atoms with Gasteiger partial charge in [0.25, 0.3) is 0 Å². The standard InChI is InChI=1S/C15H23NO2/c1-4-12(2)16-14(15(17)18-3)11-10-13-8-6-5-7-9-13/h5-9,12,14,16H,4,10-11H2,1-3H3. The molecule has 1 N–H and O–H groups in total. The summed E-state index contributed by atoms with van der Waals surface area (Å²) in [6.45, 7) is 4.18. The van der Waals surface area contributed by atoms with Crippen molar-refractivity contribution >= 4 is 5.97 Å². The van der Waals surface area contributed by atoms with Crippen molar-refractivity contribution in [3.8, 4) is 0 Å². The SMILES string of the molecule is CCC(C)NC(CCc1ccccc1)C(=O)OC. The molecule has 0 fully saturated rings. The molecule has 1 aromatic carbocycles. The molecule has 2 unspecified atom stereocenters. The van der Waals surface area contributed by atoms with Crippen LogP contribution in [0.4, 0.5) is 0 Å². The topological polar surface area (TPSA) is 38.3 Å². The molecule has 3 nitrogen and oxygen atoms in total. The first-order valence-electron chi connectivity index (χ1n) is 6.55. The van der Waals surface area contributed by atoms with E-state index in [1.54, 1.807) is 0 Å². The fourth-order valence-corrected chi connectivity index (χ4v) is 1.83. The number of carbonyl (C=O) groups is 1. The maximum absolute atomic E-state index is 11.7. The van der Waals surface area contributed by atoms with E-state index in [1.165, 1.54) is 12.7 Å². The average Bonchev–Trinajstić information content (AvgIpc) is 2.43. The molecule has 0 spiro atoms. The molecule has 0 saturated heterocycles. The Bertz CT molecular complexity index is 351. The summed E-state index contributed by atoms with van der Waals surface area (Å²) in [4.78, 5) is 11.7. The van der Waals surface area contributed by atoms with Crippen LogP contribution in [0.3, 0.4) is 0 Å². The van der Waals surface area contributed by atoms with Crippen LogP contribution in [0.25, 0.3) is 0 Å². The first-order valence-corrected chi connectivity index (χ1v) is 6.55. The fraction of sp³-hybridized carbons (Fsp3) is 0.533. The second kappa shape index (κ2) is 7.88. The number of esters is 1. The zero-order valence-electron chi connectivity index (χ0n) is 11.5. The molecule has 100 valence electrons. The largest absolute Gasteiger partial charge is 0.468 e. The number of nitrogens with one attached hydrogen (secondary N) is 1. The maximum Gasteiger partial charge on any atom is 0.322 e. The summed E-state index contributed by atoms with van der Waals surface area (Å²) in [6, 6.07) is 10.3. The molecule has 3 heteroatoms. The van der Waals surface area contributed by atoms with Gasteiger partial charge in [0, 0.05) is 6.04 Å². The second-order valence-electron chi connectivity index (χ2n) is 4.58. The quantitative estimate of drug-likeness (QED) is 0.755. The molecule has 0 aliphatic rings. The van der Waals surface area contributed by atoms with Crippen molar-refractivity contribution in [1.82, 2.24) is 5.32 Å². The monoisotopic (exact) mass is 249 g/mol. The summed E-state index contributed by atoms with van der Waals surface area (Å²) < 4.78 is 4.84. The van der Waals surface area contributed by atoms with Gasteiger partial charge < -0.3 is 10.1 Å². The van der Waals surface area contributed by atoms with E-state index >= 15 is 0 Å². The maximum atomic E-state index is 11.7. The number of hydrogen-bond acceptors (Lipinski definition) is 3. The van der Waals surface area contributed by atoms with Crippen molar-refractivity contribution in [2.45, 2.75) is 45.2 Å². The molecule has 0 heterocycles. The minimum atomic E-state index is -0.217. The fourth-order valence-electron chi connectivity index (χ4n) is 1.83. The van der Waals surface area contributed by atoms with Crippen molar-refractivity contribution in [3.05, 3.63) is 35.9 Å². The average molecular weight is 249 g/mol. The number of aryl methyl sites for hydroxylation is 1. The predicted octanol–water partition coefficient (Wildman–Crippen LogP) is 2.55. The highest BCUT2D eigenvalue weighted by molar-refractivity contribution is 5.75. The Balaban J connectivity index is 2.53. The first-order chi connectivity index (χ1) is 8.67. The van der Waals surface area contributed by atoms with Crippen molar-refractivity contribution in [3.63, 3.8) is 0 Å². The van der Waals surface area contributed by atoms with Gasteiger partial charge in [-0.1, -0.05) is 37.3 Å². The molecule has 0 saturated carbocycles. The predicted molar refractivity (Wildman–Crippen MR) is 73.5 cm³/mol. The Morgan fingerprint density at radius 2 is 2.00 bits per heavy atom. The molecule has 18 heavy (non-hydrogen) atoms. The number of benzene rings is 1. The third-order valence-corrected chi connectivity index (χ3v) is 3.15. The highest BCUT2D eigenvalue weighted by atomic mass is 16.5. The Morgan fingerprint density at radius 1 is 1.33 bits per heavy atom. The molecule has 0 aromatic heterocycles. The minimum absolute atomic E-state index is 0.175.